The molecule has 2 saturated heterocycles. The second-order valence-electron chi connectivity index (χ2n) is 16.3. The molecule has 2 N–H and O–H groups in total. The minimum atomic E-state index is -2.26. The first-order valence-electron chi connectivity index (χ1n) is 19.0. The van der Waals surface area contributed by atoms with Gasteiger partial charge >= 0.3 is 17.9 Å². The van der Waals surface area contributed by atoms with E-state index in [0.717, 1.165) is 12.7 Å². The van der Waals surface area contributed by atoms with Gasteiger partial charge in [-0.3, -0.25) is 9.42 Å². The van der Waals surface area contributed by atoms with Crippen molar-refractivity contribution in [3.05, 3.63) is 94.0 Å². The summed E-state index contributed by atoms with van der Waals surface area (Å²) in [5.74, 6) is -5.28. The van der Waals surface area contributed by atoms with E-state index in [2.05, 4.69) is 5.16 Å². The van der Waals surface area contributed by atoms with Gasteiger partial charge in [-0.15, -0.1) is 0 Å². The van der Waals surface area contributed by atoms with E-state index >= 15 is 0 Å². The highest BCUT2D eigenvalue weighted by Gasteiger charge is 2.85. The van der Waals surface area contributed by atoms with Crippen molar-refractivity contribution in [1.29, 1.82) is 0 Å². The average Bonchev–Trinajstić information content (AvgIpc) is 3.72. The Morgan fingerprint density at radius 3 is 2.45 bits per heavy atom. The minimum absolute atomic E-state index is 0.0237. The first-order valence-corrected chi connectivity index (χ1v) is 19.0. The SMILES string of the molecule is COC(=O)[C@]12OC[C@]34[C@H]([C@@H](O)[C@@H]1O)[C@@]1(C)CC(=O)C(OCc5ccc(OCc6c(-c7ccccc7)no[n+]6[O-])cc5)=C(C)[C@@H]1C[C@H]3OC(=O)[C@H](OC(=O)C=C(C)C)[C@@H]24. The number of nitrogens with zero attached hydrogens (tertiary/aromatic N) is 2. The van der Waals surface area contributed by atoms with Crippen LogP contribution in [-0.4, -0.2) is 82.8 Å². The molecule has 0 amide bonds. The highest BCUT2D eigenvalue weighted by Crippen LogP contribution is 2.73. The quantitative estimate of drug-likeness (QED) is 0.130. The number of aliphatic hydroxyl groups excluding tert-OH is 2. The first kappa shape index (κ1) is 39.3. The number of ether oxygens (including phenoxy) is 6. The summed E-state index contributed by atoms with van der Waals surface area (Å²) in [5, 5.41) is 40.1. The molecule has 3 heterocycles. The van der Waals surface area contributed by atoms with Crippen LogP contribution in [-0.2, 0) is 56.1 Å². The van der Waals surface area contributed by atoms with Gasteiger partial charge in [-0.1, -0.05) is 55.0 Å². The number of hydrogen-bond donors (Lipinski definition) is 2. The van der Waals surface area contributed by atoms with Crippen LogP contribution in [0.1, 0.15) is 51.8 Å². The lowest BCUT2D eigenvalue weighted by molar-refractivity contribution is -0.808. The maximum absolute atomic E-state index is 14.1. The van der Waals surface area contributed by atoms with Crippen molar-refractivity contribution >= 4 is 23.7 Å². The van der Waals surface area contributed by atoms with Gasteiger partial charge in [0, 0.05) is 34.5 Å². The number of rotatable bonds is 10. The van der Waals surface area contributed by atoms with Gasteiger partial charge < -0.3 is 43.8 Å². The zero-order chi connectivity index (χ0) is 41.3. The molecule has 3 aliphatic carbocycles. The van der Waals surface area contributed by atoms with Crippen LogP contribution in [0.3, 0.4) is 0 Å². The molecule has 16 nitrogen and oxygen atoms in total. The van der Waals surface area contributed by atoms with Gasteiger partial charge in [0.25, 0.3) is 5.69 Å². The van der Waals surface area contributed by atoms with Crippen molar-refractivity contribution in [3.63, 3.8) is 0 Å². The van der Waals surface area contributed by atoms with Crippen LogP contribution in [0.4, 0.5) is 0 Å². The molecular weight excluding hydrogens is 756 g/mol. The molecule has 8 rings (SSSR count). The Morgan fingerprint density at radius 1 is 1.03 bits per heavy atom. The number of methoxy groups -OCH3 is 1. The number of carbonyl (C=O) groups is 4. The number of carbonyl (C=O) groups excluding carboxylic acids is 4. The number of hydrogen-bond acceptors (Lipinski definition) is 15. The van der Waals surface area contributed by atoms with Crippen molar-refractivity contribution in [2.24, 2.45) is 28.6 Å². The normalized spacial score (nSPS) is 33.3. The third kappa shape index (κ3) is 5.82. The lowest BCUT2D eigenvalue weighted by Gasteiger charge is -2.67. The molecule has 0 radical (unpaired) electrons. The van der Waals surface area contributed by atoms with Gasteiger partial charge in [-0.25, -0.2) is 14.4 Å². The fourth-order valence-electron chi connectivity index (χ4n) is 10.6. The van der Waals surface area contributed by atoms with E-state index < -0.39 is 76.5 Å². The van der Waals surface area contributed by atoms with E-state index in [1.165, 1.54) is 6.08 Å². The smallest absolute Gasteiger partial charge is 0.348 e. The number of fused-ring (bicyclic) bond motifs is 2. The van der Waals surface area contributed by atoms with Gasteiger partial charge in [-0.2, -0.15) is 0 Å². The highest BCUT2D eigenvalue weighted by atomic mass is 16.8. The van der Waals surface area contributed by atoms with E-state index in [1.54, 1.807) is 45.0 Å². The van der Waals surface area contributed by atoms with E-state index in [0.29, 0.717) is 33.1 Å². The summed E-state index contributed by atoms with van der Waals surface area (Å²) in [7, 11) is 1.10. The summed E-state index contributed by atoms with van der Waals surface area (Å²) in [4.78, 5) is 54.9. The molecule has 1 spiro atoms. The Kier molecular flexibility index (Phi) is 9.72. The Bertz CT molecular complexity index is 2210. The largest absolute Gasteiger partial charge is 0.485 e. The molecule has 306 valence electrons. The van der Waals surface area contributed by atoms with Crippen LogP contribution in [0.5, 0.6) is 5.75 Å². The monoisotopic (exact) mass is 800 g/mol. The zero-order valence-electron chi connectivity index (χ0n) is 32.5. The third-order valence-corrected chi connectivity index (χ3v) is 12.9. The molecule has 10 atom stereocenters. The van der Waals surface area contributed by atoms with E-state index in [1.807, 2.05) is 37.3 Å². The Balaban J connectivity index is 1.04. The molecule has 16 heteroatoms. The minimum Gasteiger partial charge on any atom is -0.485 e. The Morgan fingerprint density at radius 2 is 1.76 bits per heavy atom. The molecular formula is C42H44N2O14. The number of ketones is 1. The van der Waals surface area contributed by atoms with Gasteiger partial charge in [0.05, 0.1) is 25.7 Å². The molecule has 4 fully saturated rings. The summed E-state index contributed by atoms with van der Waals surface area (Å²) in [5.41, 5.74) is -1.49. The number of aromatic nitrogens is 2. The van der Waals surface area contributed by atoms with Crippen LogP contribution in [0.2, 0.25) is 0 Å². The van der Waals surface area contributed by atoms with E-state index in [-0.39, 0.29) is 49.9 Å². The fourth-order valence-corrected chi connectivity index (χ4v) is 10.6. The topological polar surface area (TPSA) is 217 Å². The van der Waals surface area contributed by atoms with Gasteiger partial charge in [0.15, 0.2) is 18.1 Å². The number of Topliss-reactive ketones (excluding diaryl/α,β-unsaturated/α-hetero) is 1. The molecule has 2 saturated carbocycles. The fraction of sp³-hybridized carbons (Fsp3) is 0.476. The lowest BCUT2D eigenvalue weighted by atomic mass is 9.38. The van der Waals surface area contributed by atoms with Crippen molar-refractivity contribution in [1.82, 2.24) is 5.16 Å². The van der Waals surface area contributed by atoms with Crippen molar-refractivity contribution in [2.75, 3.05) is 13.7 Å². The van der Waals surface area contributed by atoms with Crippen LogP contribution >= 0.6 is 0 Å². The molecule has 3 aromatic rings. The summed E-state index contributed by atoms with van der Waals surface area (Å²) < 4.78 is 40.0. The van der Waals surface area contributed by atoms with Crippen LogP contribution in [0, 0.1) is 33.8 Å². The Labute approximate surface area is 332 Å². The van der Waals surface area contributed by atoms with Crippen LogP contribution in [0.25, 0.3) is 11.3 Å². The van der Waals surface area contributed by atoms with Gasteiger partial charge in [-0.05, 0) is 66.7 Å². The maximum Gasteiger partial charge on any atom is 0.348 e. The summed E-state index contributed by atoms with van der Waals surface area (Å²) >= 11 is 0. The molecule has 5 aliphatic rings. The maximum atomic E-state index is 14.1. The van der Waals surface area contributed by atoms with E-state index in [9.17, 15) is 34.6 Å². The number of esters is 3. The van der Waals surface area contributed by atoms with Crippen molar-refractivity contribution in [3.8, 4) is 17.0 Å². The second-order valence-corrected chi connectivity index (χ2v) is 16.3. The van der Waals surface area contributed by atoms with Crippen molar-refractivity contribution < 1.29 is 67.3 Å². The standard InChI is InChI=1S/C42H44N2O14/c1-21(2)15-30(46)57-34-36-41-20-55-42(36,39(50)52-5)37(48)32(47)35(41)40(4)17-28(45)33(22(3)26(40)16-29(41)56-38(34)49)54-18-23-11-13-25(14-12-23)53-19-27-31(43-58-44(27)51)24-9-7-6-8-10-24/h6-15,26,29,32,34-37,47-48H,16-20H2,1-5H3/t26-,29+,32+,34+,35+,36+,37-,40-,41+,42+/m0/s1. The van der Waals surface area contributed by atoms with E-state index in [4.69, 9.17) is 33.1 Å². The summed E-state index contributed by atoms with van der Waals surface area (Å²) in [6, 6.07) is 16.1. The molecule has 1 aromatic heterocycles. The summed E-state index contributed by atoms with van der Waals surface area (Å²) in [6.07, 6.45) is -4.93. The molecule has 58 heavy (non-hydrogen) atoms. The number of benzene rings is 2. The number of aliphatic hydroxyl groups is 2. The van der Waals surface area contributed by atoms with Gasteiger partial charge in [0.2, 0.25) is 17.4 Å². The molecule has 0 unspecified atom stereocenters. The molecule has 2 bridgehead atoms. The third-order valence-electron chi connectivity index (χ3n) is 12.9. The second kappa shape index (κ2) is 14.4. The Hall–Kier alpha value is -5.58. The molecule has 2 aliphatic heterocycles. The predicted molar refractivity (Wildman–Crippen MR) is 196 cm³/mol. The molecule has 2 aromatic carbocycles. The zero-order valence-corrected chi connectivity index (χ0v) is 32.5. The summed E-state index contributed by atoms with van der Waals surface area (Å²) in [6.45, 7) is 6.64. The van der Waals surface area contributed by atoms with Crippen LogP contribution in [0.15, 0.2) is 82.2 Å². The van der Waals surface area contributed by atoms with Gasteiger partial charge in [0.1, 0.15) is 24.6 Å². The number of allylic oxidation sites excluding steroid dienone is 3. The highest BCUT2D eigenvalue weighted by molar-refractivity contribution is 5.96. The van der Waals surface area contributed by atoms with Crippen LogP contribution < -0.4 is 9.64 Å². The van der Waals surface area contributed by atoms with Crippen molar-refractivity contribution in [2.45, 2.75) is 83.8 Å². The average molecular weight is 801 g/mol. The predicted octanol–water partition coefficient (Wildman–Crippen LogP) is 3.04. The lowest BCUT2D eigenvalue weighted by Crippen LogP contribution is -2.79. The first-order chi connectivity index (χ1) is 27.7.